The van der Waals surface area contributed by atoms with Gasteiger partial charge in [-0.05, 0) is 49.7 Å². The number of nitrogens with zero attached hydrogens (tertiary/aromatic N) is 2. The highest BCUT2D eigenvalue weighted by molar-refractivity contribution is 5.77. The van der Waals surface area contributed by atoms with Crippen molar-refractivity contribution in [2.75, 3.05) is 5.32 Å². The number of aromatic amines is 1. The van der Waals surface area contributed by atoms with Crippen molar-refractivity contribution in [3.8, 4) is 11.4 Å². The van der Waals surface area contributed by atoms with Gasteiger partial charge in [0.1, 0.15) is 5.82 Å². The number of nitrogens with one attached hydrogen (secondary N) is 2. The second-order valence-electron chi connectivity index (χ2n) is 5.45. The molecule has 6 nitrogen and oxygen atoms in total. The molecule has 0 radical (unpaired) electrons. The molecular formula is C16H13F3N4O2. The van der Waals surface area contributed by atoms with Crippen LogP contribution in [0.3, 0.4) is 0 Å². The van der Waals surface area contributed by atoms with Crippen molar-refractivity contribution in [2.24, 2.45) is 0 Å². The zero-order chi connectivity index (χ0) is 18.2. The molecule has 9 heteroatoms. The van der Waals surface area contributed by atoms with Gasteiger partial charge in [0.15, 0.2) is 5.82 Å². The molecule has 2 heterocycles. The fourth-order valence-corrected chi connectivity index (χ4v) is 2.44. The van der Waals surface area contributed by atoms with Crippen molar-refractivity contribution >= 4 is 11.5 Å². The van der Waals surface area contributed by atoms with Crippen LogP contribution in [-0.4, -0.2) is 15.1 Å². The maximum atomic E-state index is 12.7. The quantitative estimate of drug-likeness (QED) is 0.750. The van der Waals surface area contributed by atoms with Gasteiger partial charge in [0, 0.05) is 11.4 Å². The van der Waals surface area contributed by atoms with E-state index >= 15 is 0 Å². The van der Waals surface area contributed by atoms with E-state index in [1.165, 1.54) is 12.1 Å². The summed E-state index contributed by atoms with van der Waals surface area (Å²) < 4.78 is 42.5. The van der Waals surface area contributed by atoms with Gasteiger partial charge in [-0.25, -0.2) is 9.78 Å². The number of aryl methyl sites for hydroxylation is 2. The highest BCUT2D eigenvalue weighted by atomic mass is 19.4. The predicted octanol–water partition coefficient (Wildman–Crippen LogP) is 3.80. The van der Waals surface area contributed by atoms with Crippen LogP contribution in [0.15, 0.2) is 39.6 Å². The topological polar surface area (TPSA) is 83.8 Å². The molecule has 0 fully saturated rings. The Labute approximate surface area is 139 Å². The minimum Gasteiger partial charge on any atom is -0.340 e. The zero-order valence-electron chi connectivity index (χ0n) is 13.2. The van der Waals surface area contributed by atoms with Crippen LogP contribution in [0.1, 0.15) is 16.8 Å². The summed E-state index contributed by atoms with van der Waals surface area (Å²) in [5, 5.41) is 6.61. The lowest BCUT2D eigenvalue weighted by atomic mass is 10.1. The Morgan fingerprint density at radius 1 is 1.16 bits per heavy atom. The van der Waals surface area contributed by atoms with Gasteiger partial charge < -0.3 is 5.32 Å². The van der Waals surface area contributed by atoms with Crippen molar-refractivity contribution in [2.45, 2.75) is 20.0 Å². The van der Waals surface area contributed by atoms with Gasteiger partial charge in [0.2, 0.25) is 0 Å². The monoisotopic (exact) mass is 350 g/mol. The number of benzene rings is 1. The number of halogens is 3. The van der Waals surface area contributed by atoms with E-state index < -0.39 is 17.5 Å². The van der Waals surface area contributed by atoms with Gasteiger partial charge in [-0.3, -0.25) is 9.51 Å². The number of H-pyrrole nitrogens is 1. The molecule has 0 unspecified atom stereocenters. The molecule has 0 aliphatic heterocycles. The first-order chi connectivity index (χ1) is 11.7. The van der Waals surface area contributed by atoms with Crippen LogP contribution in [0.25, 0.3) is 11.4 Å². The molecule has 0 aliphatic rings. The third-order valence-corrected chi connectivity index (χ3v) is 3.50. The highest BCUT2D eigenvalue weighted by Gasteiger charge is 2.30. The Kier molecular flexibility index (Phi) is 4.07. The van der Waals surface area contributed by atoms with E-state index in [1.807, 2.05) is 0 Å². The molecule has 0 spiro atoms. The lowest BCUT2D eigenvalue weighted by Gasteiger charge is -2.13. The average molecular weight is 350 g/mol. The van der Waals surface area contributed by atoms with E-state index in [0.29, 0.717) is 22.8 Å². The summed E-state index contributed by atoms with van der Waals surface area (Å²) >= 11 is 0. The number of aromatic nitrogens is 3. The summed E-state index contributed by atoms with van der Waals surface area (Å²) in [4.78, 5) is 18.0. The molecule has 0 bridgehead atoms. The van der Waals surface area contributed by atoms with Gasteiger partial charge >= 0.3 is 11.9 Å². The Hall–Kier alpha value is -3.10. The minimum absolute atomic E-state index is 0.185. The van der Waals surface area contributed by atoms with Crippen LogP contribution in [0.2, 0.25) is 0 Å². The van der Waals surface area contributed by atoms with E-state index in [0.717, 1.165) is 17.7 Å². The predicted molar refractivity (Wildman–Crippen MR) is 84.6 cm³/mol. The van der Waals surface area contributed by atoms with Crippen LogP contribution >= 0.6 is 0 Å². The minimum atomic E-state index is -4.40. The van der Waals surface area contributed by atoms with Crippen molar-refractivity contribution < 1.29 is 17.7 Å². The Bertz CT molecular complexity index is 959. The second-order valence-corrected chi connectivity index (χ2v) is 5.45. The lowest BCUT2D eigenvalue weighted by molar-refractivity contribution is -0.137. The molecule has 2 N–H and O–H groups in total. The van der Waals surface area contributed by atoms with Crippen LogP contribution in [0.4, 0.5) is 24.7 Å². The summed E-state index contributed by atoms with van der Waals surface area (Å²) in [6.45, 7) is 3.58. The number of rotatable bonds is 3. The first-order valence-corrected chi connectivity index (χ1v) is 7.23. The molecule has 2 aromatic heterocycles. The SMILES string of the molecule is Cc1cc(C)c(-c2noc(=O)[nH]2)c(Nc2ccc(C(F)(F)F)cc2)n1. The molecule has 0 aliphatic carbocycles. The summed E-state index contributed by atoms with van der Waals surface area (Å²) in [7, 11) is 0. The molecule has 130 valence electrons. The van der Waals surface area contributed by atoms with Crippen LogP contribution < -0.4 is 11.1 Å². The lowest BCUT2D eigenvalue weighted by Crippen LogP contribution is -2.05. The second kappa shape index (κ2) is 6.08. The average Bonchev–Trinajstić information content (AvgIpc) is 2.92. The third-order valence-electron chi connectivity index (χ3n) is 3.50. The summed E-state index contributed by atoms with van der Waals surface area (Å²) in [6.07, 6.45) is -4.40. The molecular weight excluding hydrogens is 337 g/mol. The fourth-order valence-electron chi connectivity index (χ4n) is 2.44. The smallest absolute Gasteiger partial charge is 0.340 e. The normalized spacial score (nSPS) is 11.6. The summed E-state index contributed by atoms with van der Waals surface area (Å²) in [6, 6.07) is 6.35. The van der Waals surface area contributed by atoms with Crippen LogP contribution in [0.5, 0.6) is 0 Å². The van der Waals surface area contributed by atoms with Gasteiger partial charge in [-0.1, -0.05) is 5.16 Å². The van der Waals surface area contributed by atoms with Crippen molar-refractivity contribution in [3.63, 3.8) is 0 Å². The highest BCUT2D eigenvalue weighted by Crippen LogP contribution is 2.32. The van der Waals surface area contributed by atoms with Gasteiger partial charge in [0.05, 0.1) is 11.1 Å². The number of hydrogen-bond acceptors (Lipinski definition) is 5. The van der Waals surface area contributed by atoms with E-state index in [2.05, 4.69) is 25.0 Å². The van der Waals surface area contributed by atoms with E-state index in [4.69, 9.17) is 0 Å². The van der Waals surface area contributed by atoms with Gasteiger partial charge in [-0.2, -0.15) is 13.2 Å². The van der Waals surface area contributed by atoms with Crippen molar-refractivity contribution in [1.82, 2.24) is 15.1 Å². The number of alkyl halides is 3. The van der Waals surface area contributed by atoms with E-state index in [-0.39, 0.29) is 5.82 Å². The molecule has 0 atom stereocenters. The first-order valence-electron chi connectivity index (χ1n) is 7.23. The molecule has 0 amide bonds. The fraction of sp³-hybridized carbons (Fsp3) is 0.188. The standard InChI is InChI=1S/C16H13F3N4O2/c1-8-7-9(2)20-13(12(8)14-22-15(24)25-23-14)21-11-5-3-10(4-6-11)16(17,18)19/h3-7H,1-2H3,(H,20,21)(H,22,23,24). The van der Waals surface area contributed by atoms with Gasteiger partial charge in [-0.15, -0.1) is 0 Å². The Morgan fingerprint density at radius 2 is 1.84 bits per heavy atom. The third kappa shape index (κ3) is 3.54. The van der Waals surface area contributed by atoms with E-state index in [1.54, 1.807) is 19.9 Å². The number of hydrogen-bond donors (Lipinski definition) is 2. The molecule has 3 rings (SSSR count). The molecule has 0 saturated heterocycles. The first kappa shape index (κ1) is 16.7. The summed E-state index contributed by atoms with van der Waals surface area (Å²) in [5.74, 6) is -0.179. The molecule has 1 aromatic carbocycles. The summed E-state index contributed by atoms with van der Waals surface area (Å²) in [5.41, 5.74) is 1.63. The molecule has 0 saturated carbocycles. The van der Waals surface area contributed by atoms with E-state index in [9.17, 15) is 18.0 Å². The molecule has 25 heavy (non-hydrogen) atoms. The number of anilines is 2. The molecule has 3 aromatic rings. The van der Waals surface area contributed by atoms with Crippen LogP contribution in [0, 0.1) is 13.8 Å². The van der Waals surface area contributed by atoms with Gasteiger partial charge in [0.25, 0.3) is 0 Å². The largest absolute Gasteiger partial charge is 0.439 e. The Morgan fingerprint density at radius 3 is 2.40 bits per heavy atom. The maximum absolute atomic E-state index is 12.7. The number of pyridine rings is 1. The Balaban J connectivity index is 2.01. The zero-order valence-corrected chi connectivity index (χ0v) is 13.2. The van der Waals surface area contributed by atoms with Crippen molar-refractivity contribution in [1.29, 1.82) is 0 Å². The van der Waals surface area contributed by atoms with Crippen LogP contribution in [-0.2, 0) is 6.18 Å². The van der Waals surface area contributed by atoms with Crippen molar-refractivity contribution in [3.05, 3.63) is 57.7 Å². The maximum Gasteiger partial charge on any atom is 0.439 e.